The van der Waals surface area contributed by atoms with Gasteiger partial charge in [-0.1, -0.05) is 70.4 Å². The summed E-state index contributed by atoms with van der Waals surface area (Å²) in [7, 11) is 0. The van der Waals surface area contributed by atoms with E-state index in [1.165, 1.54) is 83.5 Å². The van der Waals surface area contributed by atoms with Crippen LogP contribution in [-0.4, -0.2) is 29.3 Å². The summed E-state index contributed by atoms with van der Waals surface area (Å²) in [5.41, 5.74) is 0. The van der Waals surface area contributed by atoms with Gasteiger partial charge in [-0.2, -0.15) is 0 Å². The Bertz CT molecular complexity index is 341. The first-order chi connectivity index (χ1) is 12.4. The fraction of sp³-hybridized carbons (Fsp3) is 0.818. The highest BCUT2D eigenvalue weighted by molar-refractivity contribution is 4.94. The Hall–Kier alpha value is -0.960. The lowest BCUT2D eigenvalue weighted by molar-refractivity contribution is 0.194. The van der Waals surface area contributed by atoms with Crippen molar-refractivity contribution in [3.05, 3.63) is 24.6 Å². The van der Waals surface area contributed by atoms with Gasteiger partial charge in [0.1, 0.15) is 0 Å². The maximum Gasteiger partial charge on any atom is 0.0982 e. The van der Waals surface area contributed by atoms with Crippen LogP contribution in [-0.2, 0) is 0 Å². The summed E-state index contributed by atoms with van der Waals surface area (Å²) in [6.45, 7) is 3.24. The lowest BCUT2D eigenvalue weighted by Gasteiger charge is -2.24. The molecule has 1 aliphatic heterocycles. The van der Waals surface area contributed by atoms with Crippen molar-refractivity contribution in [1.29, 1.82) is 0 Å². The summed E-state index contributed by atoms with van der Waals surface area (Å²) in [5, 5.41) is 12.4. The predicted octanol–water partition coefficient (Wildman–Crippen LogP) is 5.72. The number of nitrogens with one attached hydrogen (secondary N) is 1. The Morgan fingerprint density at radius 2 is 1.48 bits per heavy atom. The van der Waals surface area contributed by atoms with Crippen molar-refractivity contribution in [2.75, 3.05) is 13.2 Å². The molecule has 0 aromatic heterocycles. The van der Waals surface area contributed by atoms with Crippen LogP contribution < -0.4 is 5.32 Å². The number of hydrogen-bond donors (Lipinski definition) is 2. The Morgan fingerprint density at radius 3 is 2.12 bits per heavy atom. The zero-order valence-electron chi connectivity index (χ0n) is 16.6. The van der Waals surface area contributed by atoms with E-state index in [4.69, 9.17) is 5.11 Å². The van der Waals surface area contributed by atoms with Gasteiger partial charge in [0.25, 0.3) is 0 Å². The second kappa shape index (κ2) is 16.5. The van der Waals surface area contributed by atoms with E-state index in [-0.39, 0.29) is 6.61 Å². The first kappa shape index (κ1) is 22.1. The molecule has 0 amide bonds. The molecule has 1 rings (SSSR count). The molecule has 1 unspecified atom stereocenters. The molecule has 0 radical (unpaired) electrons. The van der Waals surface area contributed by atoms with Crippen molar-refractivity contribution in [1.82, 2.24) is 10.2 Å². The number of nitrogens with zero attached hydrogens (tertiary/aromatic N) is 1. The summed E-state index contributed by atoms with van der Waals surface area (Å²) in [6, 6.07) is 0. The van der Waals surface area contributed by atoms with Crippen LogP contribution in [0, 0.1) is 0 Å². The molecule has 3 nitrogen and oxygen atoms in total. The third kappa shape index (κ3) is 12.1. The van der Waals surface area contributed by atoms with Crippen LogP contribution in [0.3, 0.4) is 0 Å². The minimum Gasteiger partial charge on any atom is -0.395 e. The summed E-state index contributed by atoms with van der Waals surface area (Å²) in [4.78, 5) is 2.19. The summed E-state index contributed by atoms with van der Waals surface area (Å²) in [5.74, 6) is 0. The smallest absolute Gasteiger partial charge is 0.0982 e. The molecule has 3 heteroatoms. The molecular formula is C22H42N2O. The molecule has 0 aliphatic carbocycles. The van der Waals surface area contributed by atoms with Crippen LogP contribution in [0.5, 0.6) is 0 Å². The van der Waals surface area contributed by atoms with E-state index in [9.17, 15) is 0 Å². The van der Waals surface area contributed by atoms with Crippen molar-refractivity contribution < 1.29 is 5.11 Å². The molecule has 0 saturated carbocycles. The van der Waals surface area contributed by atoms with Gasteiger partial charge in [-0.05, 0) is 38.5 Å². The Kier molecular flexibility index (Phi) is 14.6. The third-order valence-electron chi connectivity index (χ3n) is 5.05. The number of rotatable bonds is 17. The van der Waals surface area contributed by atoms with Gasteiger partial charge in [0.15, 0.2) is 0 Å². The molecule has 0 saturated heterocycles. The van der Waals surface area contributed by atoms with Crippen molar-refractivity contribution in [3.63, 3.8) is 0 Å². The van der Waals surface area contributed by atoms with Crippen molar-refractivity contribution in [2.24, 2.45) is 0 Å². The average Bonchev–Trinajstić information content (AvgIpc) is 3.06. The normalized spacial score (nSPS) is 16.9. The maximum atomic E-state index is 9.04. The van der Waals surface area contributed by atoms with Gasteiger partial charge in [0.05, 0.1) is 12.8 Å². The van der Waals surface area contributed by atoms with Crippen molar-refractivity contribution >= 4 is 0 Å². The van der Waals surface area contributed by atoms with E-state index in [1.54, 1.807) is 0 Å². The number of β-amino-alcohol motifs (C(OH)–C–C–N with tert-alkyl or cyclic N) is 1. The number of unbranched alkanes of at least 4 members (excludes halogenated alkanes) is 11. The summed E-state index contributed by atoms with van der Waals surface area (Å²) in [6.07, 6.45) is 28.0. The zero-order valence-corrected chi connectivity index (χ0v) is 16.6. The molecule has 0 bridgehead atoms. The Balaban J connectivity index is 1.81. The molecule has 146 valence electrons. The molecule has 0 aromatic carbocycles. The first-order valence-corrected chi connectivity index (χ1v) is 10.8. The van der Waals surface area contributed by atoms with Gasteiger partial charge in [-0.3, -0.25) is 0 Å². The van der Waals surface area contributed by atoms with Crippen LogP contribution in [0.25, 0.3) is 0 Å². The molecule has 1 heterocycles. The standard InChI is InChI=1S/C22H42N2O/c1-2-3-4-5-6-7-8-9-10-11-12-13-14-15-16-17-22-23-18-19-24(22)20-21-25/h12-13,18-19,22-23,25H,2-11,14-17,20-21H2,1H3/b13-12+. The predicted molar refractivity (Wildman–Crippen MR) is 109 cm³/mol. The van der Waals surface area contributed by atoms with E-state index in [0.29, 0.717) is 6.17 Å². The summed E-state index contributed by atoms with van der Waals surface area (Å²) >= 11 is 0. The Morgan fingerprint density at radius 1 is 0.880 bits per heavy atom. The molecule has 25 heavy (non-hydrogen) atoms. The van der Waals surface area contributed by atoms with Crippen molar-refractivity contribution in [2.45, 2.75) is 103 Å². The largest absolute Gasteiger partial charge is 0.395 e. The maximum absolute atomic E-state index is 9.04. The van der Waals surface area contributed by atoms with Gasteiger partial charge in [0, 0.05) is 18.9 Å². The highest BCUT2D eigenvalue weighted by Crippen LogP contribution is 2.13. The topological polar surface area (TPSA) is 35.5 Å². The minimum atomic E-state index is 0.226. The molecule has 2 N–H and O–H groups in total. The number of aliphatic hydroxyl groups excluding tert-OH is 1. The monoisotopic (exact) mass is 350 g/mol. The van der Waals surface area contributed by atoms with Crippen LogP contribution >= 0.6 is 0 Å². The first-order valence-electron chi connectivity index (χ1n) is 10.8. The van der Waals surface area contributed by atoms with Crippen LogP contribution in [0.4, 0.5) is 0 Å². The quantitative estimate of drug-likeness (QED) is 0.260. The number of hydrogen-bond acceptors (Lipinski definition) is 3. The molecule has 0 spiro atoms. The Labute approximate surface area is 156 Å². The lowest BCUT2D eigenvalue weighted by Crippen LogP contribution is -2.36. The molecular weight excluding hydrogens is 308 g/mol. The van der Waals surface area contributed by atoms with Gasteiger partial charge >= 0.3 is 0 Å². The van der Waals surface area contributed by atoms with Crippen LogP contribution in [0.15, 0.2) is 24.6 Å². The molecule has 1 aliphatic rings. The molecule has 0 fully saturated rings. The van der Waals surface area contributed by atoms with Crippen LogP contribution in [0.2, 0.25) is 0 Å². The zero-order chi connectivity index (χ0) is 18.0. The third-order valence-corrected chi connectivity index (χ3v) is 5.05. The molecule has 0 aromatic rings. The van der Waals surface area contributed by atoms with E-state index in [0.717, 1.165) is 13.0 Å². The SMILES string of the molecule is CCCCCCCCCCC/C=C/CCCCC1NC=CN1CCO. The van der Waals surface area contributed by atoms with Crippen LogP contribution in [0.1, 0.15) is 96.8 Å². The van der Waals surface area contributed by atoms with E-state index < -0.39 is 0 Å². The second-order valence-corrected chi connectivity index (χ2v) is 7.33. The lowest BCUT2D eigenvalue weighted by atomic mass is 10.1. The minimum absolute atomic E-state index is 0.226. The van der Waals surface area contributed by atoms with Gasteiger partial charge in [-0.15, -0.1) is 0 Å². The van der Waals surface area contributed by atoms with E-state index in [2.05, 4.69) is 29.3 Å². The van der Waals surface area contributed by atoms with Crippen molar-refractivity contribution in [3.8, 4) is 0 Å². The fourth-order valence-corrected chi connectivity index (χ4v) is 3.45. The van der Waals surface area contributed by atoms with E-state index in [1.807, 2.05) is 12.4 Å². The highest BCUT2D eigenvalue weighted by atomic mass is 16.3. The summed E-state index contributed by atoms with van der Waals surface area (Å²) < 4.78 is 0. The van der Waals surface area contributed by atoms with E-state index >= 15 is 0 Å². The highest BCUT2D eigenvalue weighted by Gasteiger charge is 2.16. The number of allylic oxidation sites excluding steroid dienone is 2. The molecule has 1 atom stereocenters. The number of aliphatic hydroxyl groups is 1. The second-order valence-electron chi connectivity index (χ2n) is 7.33. The van der Waals surface area contributed by atoms with Gasteiger partial charge in [-0.25, -0.2) is 0 Å². The van der Waals surface area contributed by atoms with Gasteiger partial charge < -0.3 is 15.3 Å². The average molecular weight is 351 g/mol. The van der Waals surface area contributed by atoms with Gasteiger partial charge in [0.2, 0.25) is 0 Å². The fourth-order valence-electron chi connectivity index (χ4n) is 3.45.